The Morgan fingerprint density at radius 2 is 1.69 bits per heavy atom. The van der Waals surface area contributed by atoms with E-state index in [9.17, 15) is 4.79 Å². The van der Waals surface area contributed by atoms with Crippen LogP contribution in [0.5, 0.6) is 5.75 Å². The first-order chi connectivity index (χ1) is 12.6. The van der Waals surface area contributed by atoms with Crippen LogP contribution in [0.15, 0.2) is 60.7 Å². The van der Waals surface area contributed by atoms with Gasteiger partial charge in [-0.1, -0.05) is 48.5 Å². The Labute approximate surface area is 154 Å². The topological polar surface area (TPSA) is 70.8 Å². The third kappa shape index (κ3) is 4.84. The minimum Gasteiger partial charge on any atom is -0.486 e. The summed E-state index contributed by atoms with van der Waals surface area (Å²) in [5.41, 5.74) is 7.02. The second kappa shape index (κ2) is 8.83. The van der Waals surface area contributed by atoms with Crippen LogP contribution < -0.4 is 10.5 Å². The van der Waals surface area contributed by atoms with E-state index in [1.165, 1.54) is 5.56 Å². The molecule has 2 N–H and O–H groups in total. The fraction of sp³-hybridized carbons (Fsp3) is 0.381. The lowest BCUT2D eigenvalue weighted by atomic mass is 9.91. The number of para-hydroxylation sites is 1. The molecule has 138 valence electrons. The minimum absolute atomic E-state index is 0.0192. The van der Waals surface area contributed by atoms with Crippen molar-refractivity contribution in [3.63, 3.8) is 0 Å². The summed E-state index contributed by atoms with van der Waals surface area (Å²) in [4.78, 5) is 12.1. The van der Waals surface area contributed by atoms with Crippen molar-refractivity contribution in [2.45, 2.75) is 31.6 Å². The zero-order chi connectivity index (χ0) is 18.4. The summed E-state index contributed by atoms with van der Waals surface area (Å²) >= 11 is 0. The first-order valence-electron chi connectivity index (χ1n) is 8.93. The van der Waals surface area contributed by atoms with Crippen molar-refractivity contribution >= 4 is 5.97 Å². The highest BCUT2D eigenvalue weighted by Crippen LogP contribution is 2.24. The molecule has 1 aliphatic rings. The Hall–Kier alpha value is -2.37. The lowest BCUT2D eigenvalue weighted by Crippen LogP contribution is -2.43. The van der Waals surface area contributed by atoms with Crippen LogP contribution in [-0.2, 0) is 20.7 Å². The summed E-state index contributed by atoms with van der Waals surface area (Å²) in [6.07, 6.45) is -0.0221. The van der Waals surface area contributed by atoms with Crippen molar-refractivity contribution in [1.29, 1.82) is 0 Å². The van der Waals surface area contributed by atoms with Crippen LogP contribution >= 0.6 is 0 Å². The van der Waals surface area contributed by atoms with E-state index in [-0.39, 0.29) is 18.6 Å². The summed E-state index contributed by atoms with van der Waals surface area (Å²) in [6, 6.07) is 19.0. The van der Waals surface area contributed by atoms with Crippen molar-refractivity contribution in [3.05, 3.63) is 66.2 Å². The zero-order valence-electron chi connectivity index (χ0n) is 14.9. The predicted molar refractivity (Wildman–Crippen MR) is 98.8 cm³/mol. The molecule has 0 aliphatic carbocycles. The van der Waals surface area contributed by atoms with Crippen molar-refractivity contribution in [3.8, 4) is 5.75 Å². The number of rotatable bonds is 4. The Morgan fingerprint density at radius 3 is 2.38 bits per heavy atom. The van der Waals surface area contributed by atoms with Crippen molar-refractivity contribution in [1.82, 2.24) is 0 Å². The standard InChI is InChI=1S/C21H25NO4/c1-15-20(26-18-10-6-3-7-11-18)17(12-16-8-4-2-5-9-16)13-24-14-19(22)21(23)25-15/h2-11,15,17,19-20H,12-14,22H2,1H3/t15-,17-,19-,20-/m0/s1. The molecule has 0 saturated carbocycles. The number of esters is 1. The van der Waals surface area contributed by atoms with Gasteiger partial charge in [0.2, 0.25) is 0 Å². The minimum atomic E-state index is -0.773. The van der Waals surface area contributed by atoms with Gasteiger partial charge in [0.1, 0.15) is 24.0 Å². The molecule has 0 amide bonds. The summed E-state index contributed by atoms with van der Waals surface area (Å²) in [5, 5.41) is 0. The van der Waals surface area contributed by atoms with Gasteiger partial charge in [-0.3, -0.25) is 4.79 Å². The molecule has 2 aromatic rings. The van der Waals surface area contributed by atoms with Crippen LogP contribution in [0.25, 0.3) is 0 Å². The second-order valence-electron chi connectivity index (χ2n) is 6.63. The van der Waals surface area contributed by atoms with Crippen LogP contribution in [0.4, 0.5) is 0 Å². The Balaban J connectivity index is 1.85. The number of carbonyl (C=O) groups is 1. The van der Waals surface area contributed by atoms with E-state index in [1.807, 2.05) is 55.5 Å². The first kappa shape index (κ1) is 18.4. The number of hydrogen-bond donors (Lipinski definition) is 1. The lowest BCUT2D eigenvalue weighted by molar-refractivity contribution is -0.155. The highest BCUT2D eigenvalue weighted by atomic mass is 16.6. The van der Waals surface area contributed by atoms with E-state index >= 15 is 0 Å². The molecule has 0 spiro atoms. The van der Waals surface area contributed by atoms with E-state index in [1.54, 1.807) is 0 Å². The van der Waals surface area contributed by atoms with Gasteiger partial charge in [-0.15, -0.1) is 0 Å². The smallest absolute Gasteiger partial charge is 0.325 e. The summed E-state index contributed by atoms with van der Waals surface area (Å²) < 4.78 is 17.5. The second-order valence-corrected chi connectivity index (χ2v) is 6.63. The van der Waals surface area contributed by atoms with Gasteiger partial charge in [0.15, 0.2) is 0 Å². The quantitative estimate of drug-likeness (QED) is 0.854. The maximum Gasteiger partial charge on any atom is 0.325 e. The van der Waals surface area contributed by atoms with Gasteiger partial charge in [-0.2, -0.15) is 0 Å². The molecule has 0 bridgehead atoms. The van der Waals surface area contributed by atoms with Gasteiger partial charge in [0.25, 0.3) is 0 Å². The normalized spacial score (nSPS) is 26.9. The fourth-order valence-electron chi connectivity index (χ4n) is 3.17. The highest BCUT2D eigenvalue weighted by molar-refractivity contribution is 5.75. The van der Waals surface area contributed by atoms with Gasteiger partial charge in [-0.25, -0.2) is 0 Å². The molecule has 2 aromatic carbocycles. The largest absolute Gasteiger partial charge is 0.486 e. The molecule has 0 radical (unpaired) electrons. The molecule has 1 heterocycles. The molecule has 1 saturated heterocycles. The SMILES string of the molecule is C[C@@H]1OC(=O)[C@@H](N)COC[C@H](Cc2ccccc2)[C@H]1Oc1ccccc1. The highest BCUT2D eigenvalue weighted by Gasteiger charge is 2.34. The predicted octanol–water partition coefficient (Wildman–Crippen LogP) is 2.58. The molecule has 0 unspecified atom stereocenters. The van der Waals surface area contributed by atoms with Crippen LogP contribution in [0, 0.1) is 5.92 Å². The molecular formula is C21H25NO4. The van der Waals surface area contributed by atoms with E-state index in [0.717, 1.165) is 12.2 Å². The molecule has 1 aliphatic heterocycles. The number of cyclic esters (lactones) is 1. The number of ether oxygens (including phenoxy) is 3. The van der Waals surface area contributed by atoms with Gasteiger partial charge in [0.05, 0.1) is 13.2 Å². The lowest BCUT2D eigenvalue weighted by Gasteiger charge is -2.31. The van der Waals surface area contributed by atoms with E-state index < -0.39 is 18.1 Å². The third-order valence-corrected chi connectivity index (χ3v) is 4.52. The van der Waals surface area contributed by atoms with E-state index in [4.69, 9.17) is 19.9 Å². The van der Waals surface area contributed by atoms with Gasteiger partial charge in [-0.05, 0) is 31.0 Å². The van der Waals surface area contributed by atoms with Gasteiger partial charge in [0, 0.05) is 5.92 Å². The molecular weight excluding hydrogens is 330 g/mol. The van der Waals surface area contributed by atoms with Crippen LogP contribution in [0.3, 0.4) is 0 Å². The van der Waals surface area contributed by atoms with Crippen molar-refractivity contribution in [2.75, 3.05) is 13.2 Å². The first-order valence-corrected chi connectivity index (χ1v) is 8.93. The van der Waals surface area contributed by atoms with Crippen LogP contribution in [0.1, 0.15) is 12.5 Å². The van der Waals surface area contributed by atoms with Crippen molar-refractivity contribution < 1.29 is 19.0 Å². The molecule has 1 fully saturated rings. The summed E-state index contributed by atoms with van der Waals surface area (Å²) in [5.74, 6) is 0.298. The number of carbonyl (C=O) groups excluding carboxylic acids is 1. The van der Waals surface area contributed by atoms with Crippen molar-refractivity contribution in [2.24, 2.45) is 11.7 Å². The summed E-state index contributed by atoms with van der Waals surface area (Å²) in [6.45, 7) is 2.44. The molecule has 26 heavy (non-hydrogen) atoms. The fourth-order valence-corrected chi connectivity index (χ4v) is 3.17. The number of nitrogens with two attached hydrogens (primary N) is 1. The van der Waals surface area contributed by atoms with E-state index in [2.05, 4.69) is 12.1 Å². The van der Waals surface area contributed by atoms with E-state index in [0.29, 0.717) is 6.61 Å². The molecule has 3 rings (SSSR count). The Kier molecular flexibility index (Phi) is 6.26. The van der Waals surface area contributed by atoms with Crippen LogP contribution in [-0.4, -0.2) is 37.4 Å². The summed E-state index contributed by atoms with van der Waals surface area (Å²) in [7, 11) is 0. The maximum atomic E-state index is 12.1. The average Bonchev–Trinajstić information content (AvgIpc) is 2.70. The Morgan fingerprint density at radius 1 is 1.04 bits per heavy atom. The van der Waals surface area contributed by atoms with Gasteiger partial charge >= 0.3 is 5.97 Å². The monoisotopic (exact) mass is 355 g/mol. The molecule has 0 aromatic heterocycles. The maximum absolute atomic E-state index is 12.1. The molecule has 5 nitrogen and oxygen atoms in total. The molecule has 5 heteroatoms. The third-order valence-electron chi connectivity index (χ3n) is 4.52. The number of benzene rings is 2. The molecule has 4 atom stereocenters. The number of hydrogen-bond acceptors (Lipinski definition) is 5. The van der Waals surface area contributed by atoms with Crippen LogP contribution in [0.2, 0.25) is 0 Å². The average molecular weight is 355 g/mol. The van der Waals surface area contributed by atoms with Gasteiger partial charge < -0.3 is 19.9 Å². The zero-order valence-corrected chi connectivity index (χ0v) is 14.9. The Bertz CT molecular complexity index is 692.